The highest BCUT2D eigenvalue weighted by molar-refractivity contribution is 5.97. The van der Waals surface area contributed by atoms with Gasteiger partial charge in [0.1, 0.15) is 36.3 Å². The highest BCUT2D eigenvalue weighted by Gasteiger charge is 2.40. The average molecular weight is 812 g/mol. The molecule has 1 aliphatic rings. The molecule has 2 aromatic rings. The van der Waals surface area contributed by atoms with E-state index in [1.165, 1.54) is 11.8 Å². The number of nitrogens with two attached hydrogens (primary N) is 3. The Bertz CT molecular complexity index is 1790. The molecule has 6 atom stereocenters. The number of H-pyrrole nitrogens is 1. The second-order valence-electron chi connectivity index (χ2n) is 15.5. The molecule has 0 saturated carbocycles. The third kappa shape index (κ3) is 14.0. The van der Waals surface area contributed by atoms with E-state index >= 15 is 0 Å². The normalized spacial score (nSPS) is 16.5. The van der Waals surface area contributed by atoms with Gasteiger partial charge in [0.05, 0.1) is 6.61 Å². The SMILES string of the molecule is CC(=O)N[C@@H](CO)C(=O)N[C@@H](CCCN=C(N)N)C(=O)N[C@@H](CC(C)C)C(=O)N1CCC[C@H]1C(=O)N[C@@H](CC(C)C)C(=O)N[C@@H](Cc1c[nH]c2ccccc12)C(N)=O. The van der Waals surface area contributed by atoms with Crippen LogP contribution in [0.25, 0.3) is 10.9 Å². The molecule has 1 aliphatic heterocycles. The summed E-state index contributed by atoms with van der Waals surface area (Å²) in [6, 6.07) is 0.811. The first-order valence-electron chi connectivity index (χ1n) is 19.7. The van der Waals surface area contributed by atoms with Gasteiger partial charge in [-0.3, -0.25) is 38.6 Å². The largest absolute Gasteiger partial charge is 0.394 e. The summed E-state index contributed by atoms with van der Waals surface area (Å²) in [5, 5.41) is 23.8. The molecule has 3 rings (SSSR count). The molecular formula is C39H61N11O8. The second-order valence-corrected chi connectivity index (χ2v) is 15.5. The molecule has 0 radical (unpaired) electrons. The Kier molecular flexibility index (Phi) is 17.9. The molecule has 320 valence electrons. The van der Waals surface area contributed by atoms with Crippen LogP contribution in [0.1, 0.15) is 78.7 Å². The lowest BCUT2D eigenvalue weighted by atomic mass is 10.00. The van der Waals surface area contributed by atoms with Crippen molar-refractivity contribution in [3.8, 4) is 0 Å². The minimum Gasteiger partial charge on any atom is -0.394 e. The summed E-state index contributed by atoms with van der Waals surface area (Å²) in [5.41, 5.74) is 18.2. The van der Waals surface area contributed by atoms with Crippen molar-refractivity contribution in [2.75, 3.05) is 19.7 Å². The number of aliphatic imine (C=N–C) groups is 1. The molecule has 13 N–H and O–H groups in total. The summed E-state index contributed by atoms with van der Waals surface area (Å²) in [5.74, 6) is -4.79. The Morgan fingerprint density at radius 2 is 1.43 bits per heavy atom. The zero-order valence-electron chi connectivity index (χ0n) is 34.0. The molecule has 1 saturated heterocycles. The van der Waals surface area contributed by atoms with Gasteiger partial charge in [0.2, 0.25) is 41.4 Å². The van der Waals surface area contributed by atoms with Crippen LogP contribution in [0.5, 0.6) is 0 Å². The number of amides is 7. The maximum absolute atomic E-state index is 14.2. The Hall–Kier alpha value is -5.72. The number of carbonyl (C=O) groups excluding carboxylic acids is 7. The molecule has 0 unspecified atom stereocenters. The number of nitrogens with zero attached hydrogens (tertiary/aromatic N) is 2. The number of aliphatic hydroxyl groups excluding tert-OH is 1. The minimum absolute atomic E-state index is 0.0394. The predicted octanol–water partition coefficient (Wildman–Crippen LogP) is -1.23. The van der Waals surface area contributed by atoms with Gasteiger partial charge >= 0.3 is 0 Å². The first-order chi connectivity index (χ1) is 27.4. The summed E-state index contributed by atoms with van der Waals surface area (Å²) in [4.78, 5) is 101. The Morgan fingerprint density at radius 3 is 2.05 bits per heavy atom. The van der Waals surface area contributed by atoms with Gasteiger partial charge in [-0.2, -0.15) is 0 Å². The zero-order valence-corrected chi connectivity index (χ0v) is 34.0. The number of carbonyl (C=O) groups is 7. The van der Waals surface area contributed by atoms with Crippen LogP contribution in [0.15, 0.2) is 35.5 Å². The lowest BCUT2D eigenvalue weighted by Crippen LogP contribution is -2.60. The highest BCUT2D eigenvalue weighted by atomic mass is 16.3. The Balaban J connectivity index is 1.78. The monoisotopic (exact) mass is 811 g/mol. The van der Waals surface area contributed by atoms with Gasteiger partial charge < -0.3 is 58.8 Å². The smallest absolute Gasteiger partial charge is 0.245 e. The number of hydrogen-bond donors (Lipinski definition) is 10. The lowest BCUT2D eigenvalue weighted by molar-refractivity contribution is -0.143. The van der Waals surface area contributed by atoms with Gasteiger partial charge in [-0.15, -0.1) is 0 Å². The van der Waals surface area contributed by atoms with E-state index in [1.54, 1.807) is 6.20 Å². The average Bonchev–Trinajstić information content (AvgIpc) is 3.81. The fourth-order valence-corrected chi connectivity index (χ4v) is 6.94. The van der Waals surface area contributed by atoms with E-state index in [4.69, 9.17) is 17.2 Å². The standard InChI is InChI=1S/C39H61N11O8/c1-21(2)16-29(35(55)47-28(33(40)53)18-24-19-44-26-11-7-6-10-25(24)26)48-37(57)32-13-9-15-50(32)38(58)30(17-22(3)4)49-34(54)27(12-8-14-43-39(41)42)46-36(56)31(20-51)45-23(5)52/h6-7,10-11,19,21-22,27-32,44,51H,8-9,12-18,20H2,1-5H3,(H2,40,53)(H,45,52)(H,46,56)(H,47,55)(H,48,57)(H,49,54)(H4,41,42,43)/t27-,28-,29-,30-,31-,32-/m0/s1. The first kappa shape index (κ1) is 46.7. The number of primary amides is 1. The van der Waals surface area contributed by atoms with Crippen molar-refractivity contribution in [1.29, 1.82) is 0 Å². The summed E-state index contributed by atoms with van der Waals surface area (Å²) < 4.78 is 0. The van der Waals surface area contributed by atoms with E-state index in [-0.39, 0.29) is 63.0 Å². The van der Waals surface area contributed by atoms with Crippen molar-refractivity contribution in [3.63, 3.8) is 0 Å². The maximum atomic E-state index is 14.2. The van der Waals surface area contributed by atoms with Gasteiger partial charge in [-0.1, -0.05) is 45.9 Å². The number of aromatic amines is 1. The maximum Gasteiger partial charge on any atom is 0.245 e. The van der Waals surface area contributed by atoms with Crippen molar-refractivity contribution in [3.05, 3.63) is 36.0 Å². The van der Waals surface area contributed by atoms with E-state index in [0.717, 1.165) is 16.5 Å². The molecule has 1 aromatic carbocycles. The summed E-state index contributed by atoms with van der Waals surface area (Å²) in [6.07, 6.45) is 3.39. The molecule has 0 bridgehead atoms. The fraction of sp³-hybridized carbons (Fsp3) is 0.590. The van der Waals surface area contributed by atoms with E-state index in [0.29, 0.717) is 12.8 Å². The van der Waals surface area contributed by atoms with Gasteiger partial charge in [0, 0.05) is 43.5 Å². The van der Waals surface area contributed by atoms with Crippen molar-refractivity contribution in [2.24, 2.45) is 34.0 Å². The number of guanidine groups is 1. The summed E-state index contributed by atoms with van der Waals surface area (Å²) in [6.45, 7) is 8.29. The molecule has 0 aliphatic carbocycles. The molecule has 1 aromatic heterocycles. The van der Waals surface area contributed by atoms with Gasteiger partial charge in [0.15, 0.2) is 5.96 Å². The number of nitrogens with one attached hydrogen (secondary N) is 6. The minimum atomic E-state index is -1.33. The number of aliphatic hydroxyl groups is 1. The van der Waals surface area contributed by atoms with Crippen LogP contribution in [0, 0.1) is 11.8 Å². The van der Waals surface area contributed by atoms with E-state index in [1.807, 2.05) is 52.0 Å². The molecular weight excluding hydrogens is 750 g/mol. The zero-order chi connectivity index (χ0) is 43.1. The lowest BCUT2D eigenvalue weighted by Gasteiger charge is -2.31. The number of hydrogen-bond acceptors (Lipinski definition) is 9. The van der Waals surface area contributed by atoms with E-state index in [9.17, 15) is 38.7 Å². The molecule has 0 spiro atoms. The second kappa shape index (κ2) is 22.3. The third-order valence-electron chi connectivity index (χ3n) is 9.71. The van der Waals surface area contributed by atoms with Crippen molar-refractivity contribution < 1.29 is 38.7 Å². The van der Waals surface area contributed by atoms with Crippen LogP contribution in [0.2, 0.25) is 0 Å². The Morgan fingerprint density at radius 1 is 0.828 bits per heavy atom. The quantitative estimate of drug-likeness (QED) is 0.0384. The first-order valence-corrected chi connectivity index (χ1v) is 19.7. The van der Waals surface area contributed by atoms with E-state index in [2.05, 4.69) is 36.6 Å². The number of para-hydroxylation sites is 1. The van der Waals surface area contributed by atoms with Gasteiger partial charge in [-0.05, 0) is 62.0 Å². The summed E-state index contributed by atoms with van der Waals surface area (Å²) >= 11 is 0. The van der Waals surface area contributed by atoms with Gasteiger partial charge in [0.25, 0.3) is 0 Å². The van der Waals surface area contributed by atoms with E-state index < -0.39 is 84.2 Å². The molecule has 19 nitrogen and oxygen atoms in total. The number of benzene rings is 1. The van der Waals surface area contributed by atoms with Crippen LogP contribution in [-0.4, -0.2) is 118 Å². The highest BCUT2D eigenvalue weighted by Crippen LogP contribution is 2.22. The molecule has 2 heterocycles. The van der Waals surface area contributed by atoms with Crippen molar-refractivity contribution in [2.45, 2.75) is 116 Å². The topological polar surface area (TPSA) is 309 Å². The number of fused-ring (bicyclic) bond motifs is 1. The van der Waals surface area contributed by atoms with Crippen LogP contribution >= 0.6 is 0 Å². The molecule has 1 fully saturated rings. The summed E-state index contributed by atoms with van der Waals surface area (Å²) in [7, 11) is 0. The van der Waals surface area contributed by atoms with Crippen LogP contribution in [0.4, 0.5) is 0 Å². The van der Waals surface area contributed by atoms with Crippen LogP contribution in [0.3, 0.4) is 0 Å². The van der Waals surface area contributed by atoms with Gasteiger partial charge in [-0.25, -0.2) is 0 Å². The predicted molar refractivity (Wildman–Crippen MR) is 217 cm³/mol. The molecule has 58 heavy (non-hydrogen) atoms. The molecule has 19 heteroatoms. The molecule has 7 amide bonds. The Labute approximate surface area is 338 Å². The fourth-order valence-electron chi connectivity index (χ4n) is 6.94. The third-order valence-corrected chi connectivity index (χ3v) is 9.71. The number of rotatable bonds is 22. The van der Waals surface area contributed by atoms with Crippen molar-refractivity contribution in [1.82, 2.24) is 36.5 Å². The van der Waals surface area contributed by atoms with Crippen LogP contribution in [-0.2, 0) is 40.0 Å². The number of aromatic nitrogens is 1. The number of likely N-dealkylation sites (tertiary alicyclic amines) is 1. The van der Waals surface area contributed by atoms with Crippen molar-refractivity contribution >= 4 is 58.2 Å². The van der Waals surface area contributed by atoms with Crippen LogP contribution < -0.4 is 43.8 Å².